The lowest BCUT2D eigenvalue weighted by Gasteiger charge is -2.25. The lowest BCUT2D eigenvalue weighted by Crippen LogP contribution is -2.34. The molecule has 0 bridgehead atoms. The van der Waals surface area contributed by atoms with E-state index in [4.69, 9.17) is 15.2 Å². The summed E-state index contributed by atoms with van der Waals surface area (Å²) in [7, 11) is 0. The molecule has 0 aromatic heterocycles. The fourth-order valence-corrected chi connectivity index (χ4v) is 2.29. The normalized spacial score (nSPS) is 14.7. The third-order valence-electron chi connectivity index (χ3n) is 3.44. The molecule has 0 spiro atoms. The molecule has 0 amide bonds. The molecule has 20 heavy (non-hydrogen) atoms. The maximum Gasteiger partial charge on any atom is 0.0593 e. The molecular weight excluding hydrogens is 252 g/mol. The molecule has 0 heterocycles. The highest BCUT2D eigenvalue weighted by Crippen LogP contribution is 2.11. The fourth-order valence-electron chi connectivity index (χ4n) is 2.29. The van der Waals surface area contributed by atoms with E-state index in [0.717, 1.165) is 52.5 Å². The van der Waals surface area contributed by atoms with Gasteiger partial charge in [-0.25, -0.2) is 0 Å². The maximum absolute atomic E-state index is 5.80. The molecule has 2 N–H and O–H groups in total. The molecule has 0 aromatic rings. The zero-order valence-corrected chi connectivity index (χ0v) is 14.1. The maximum atomic E-state index is 5.80. The van der Waals surface area contributed by atoms with Crippen molar-refractivity contribution in [2.45, 2.75) is 53.0 Å². The van der Waals surface area contributed by atoms with Gasteiger partial charge in [-0.3, -0.25) is 4.90 Å². The van der Waals surface area contributed by atoms with Crippen LogP contribution in [-0.2, 0) is 9.47 Å². The van der Waals surface area contributed by atoms with E-state index in [-0.39, 0.29) is 0 Å². The molecule has 122 valence electrons. The van der Waals surface area contributed by atoms with Crippen LogP contribution in [0.1, 0.15) is 47.0 Å². The van der Waals surface area contributed by atoms with Crippen LogP contribution in [0.15, 0.2) is 0 Å². The van der Waals surface area contributed by atoms with Crippen LogP contribution in [-0.4, -0.2) is 57.0 Å². The second-order valence-electron chi connectivity index (χ2n) is 5.71. The Balaban J connectivity index is 3.90. The van der Waals surface area contributed by atoms with Crippen LogP contribution in [0.3, 0.4) is 0 Å². The summed E-state index contributed by atoms with van der Waals surface area (Å²) in [5, 5.41) is 0. The first kappa shape index (κ1) is 19.8. The zero-order chi connectivity index (χ0) is 15.2. The van der Waals surface area contributed by atoms with Crippen LogP contribution in [0, 0.1) is 5.92 Å². The number of hydrogen-bond acceptors (Lipinski definition) is 4. The number of hydrogen-bond donors (Lipinski definition) is 1. The third-order valence-corrected chi connectivity index (χ3v) is 3.44. The molecule has 4 heteroatoms. The highest BCUT2D eigenvalue weighted by Gasteiger charge is 2.10. The average molecular weight is 288 g/mol. The van der Waals surface area contributed by atoms with Crippen molar-refractivity contribution in [2.24, 2.45) is 11.7 Å². The number of ether oxygens (including phenoxy) is 2. The molecule has 0 rings (SSSR count). The topological polar surface area (TPSA) is 47.7 Å². The van der Waals surface area contributed by atoms with Crippen molar-refractivity contribution < 1.29 is 9.47 Å². The summed E-state index contributed by atoms with van der Waals surface area (Å²) in [4.78, 5) is 2.46. The van der Waals surface area contributed by atoms with E-state index in [1.54, 1.807) is 0 Å². The van der Waals surface area contributed by atoms with Crippen LogP contribution in [0.2, 0.25) is 0 Å². The van der Waals surface area contributed by atoms with Crippen LogP contribution >= 0.6 is 0 Å². The Morgan fingerprint density at radius 2 is 1.50 bits per heavy atom. The van der Waals surface area contributed by atoms with Crippen molar-refractivity contribution >= 4 is 0 Å². The summed E-state index contributed by atoms with van der Waals surface area (Å²) in [6.07, 6.45) is 3.60. The first-order valence-corrected chi connectivity index (χ1v) is 8.23. The van der Waals surface area contributed by atoms with Crippen LogP contribution in [0.4, 0.5) is 0 Å². The van der Waals surface area contributed by atoms with Gasteiger partial charge in [0.05, 0.1) is 13.2 Å². The molecule has 0 saturated heterocycles. The van der Waals surface area contributed by atoms with Gasteiger partial charge in [0, 0.05) is 38.9 Å². The standard InChI is InChI=1S/C16H36N2O2/c1-5-19-12-10-18(11-13-20-6-2)14-15(3)8-7-9-16(4)17/h15-16H,5-14,17H2,1-4H3. The number of rotatable bonds is 14. The second-order valence-corrected chi connectivity index (χ2v) is 5.71. The van der Waals surface area contributed by atoms with E-state index in [1.165, 1.54) is 12.8 Å². The van der Waals surface area contributed by atoms with E-state index in [9.17, 15) is 0 Å². The Bertz CT molecular complexity index is 191. The minimum absolute atomic E-state index is 0.328. The first-order chi connectivity index (χ1) is 9.60. The Labute approximate surface area is 126 Å². The van der Waals surface area contributed by atoms with E-state index in [2.05, 4.69) is 18.7 Å². The first-order valence-electron chi connectivity index (χ1n) is 8.23. The second kappa shape index (κ2) is 13.8. The van der Waals surface area contributed by atoms with Crippen molar-refractivity contribution in [1.82, 2.24) is 4.90 Å². The molecular formula is C16H36N2O2. The van der Waals surface area contributed by atoms with Gasteiger partial charge in [0.1, 0.15) is 0 Å². The van der Waals surface area contributed by atoms with Gasteiger partial charge in [-0.2, -0.15) is 0 Å². The van der Waals surface area contributed by atoms with E-state index in [0.29, 0.717) is 12.0 Å². The van der Waals surface area contributed by atoms with Gasteiger partial charge in [-0.15, -0.1) is 0 Å². The highest BCUT2D eigenvalue weighted by molar-refractivity contribution is 4.64. The van der Waals surface area contributed by atoms with Crippen molar-refractivity contribution in [3.8, 4) is 0 Å². The molecule has 0 aromatic carbocycles. The average Bonchev–Trinajstić information content (AvgIpc) is 2.38. The largest absolute Gasteiger partial charge is 0.380 e. The van der Waals surface area contributed by atoms with Crippen LogP contribution in [0.25, 0.3) is 0 Å². The summed E-state index contributed by atoms with van der Waals surface area (Å²) in [6, 6.07) is 0.328. The van der Waals surface area contributed by atoms with Gasteiger partial charge >= 0.3 is 0 Å². The SMILES string of the molecule is CCOCCN(CCOCC)CC(C)CCCC(C)N. The van der Waals surface area contributed by atoms with Crippen LogP contribution < -0.4 is 5.73 Å². The van der Waals surface area contributed by atoms with Gasteiger partial charge < -0.3 is 15.2 Å². The van der Waals surface area contributed by atoms with Gasteiger partial charge in [0.15, 0.2) is 0 Å². The van der Waals surface area contributed by atoms with Gasteiger partial charge in [-0.1, -0.05) is 13.3 Å². The molecule has 0 aliphatic heterocycles. The molecule has 0 saturated carbocycles. The molecule has 2 unspecified atom stereocenters. The molecule has 0 fully saturated rings. The smallest absolute Gasteiger partial charge is 0.0593 e. The van der Waals surface area contributed by atoms with Gasteiger partial charge in [-0.05, 0) is 39.5 Å². The monoisotopic (exact) mass is 288 g/mol. The zero-order valence-electron chi connectivity index (χ0n) is 14.1. The predicted octanol–water partition coefficient (Wildman–Crippen LogP) is 2.51. The summed E-state index contributed by atoms with van der Waals surface area (Å²) >= 11 is 0. The summed E-state index contributed by atoms with van der Waals surface area (Å²) in [6.45, 7) is 14.8. The van der Waals surface area contributed by atoms with Crippen molar-refractivity contribution in [3.05, 3.63) is 0 Å². The molecule has 0 aliphatic carbocycles. The molecule has 2 atom stereocenters. The van der Waals surface area contributed by atoms with Gasteiger partial charge in [0.2, 0.25) is 0 Å². The molecule has 0 aliphatic rings. The van der Waals surface area contributed by atoms with E-state index < -0.39 is 0 Å². The van der Waals surface area contributed by atoms with E-state index in [1.807, 2.05) is 13.8 Å². The minimum Gasteiger partial charge on any atom is -0.380 e. The molecule has 4 nitrogen and oxygen atoms in total. The highest BCUT2D eigenvalue weighted by atomic mass is 16.5. The Morgan fingerprint density at radius 1 is 0.950 bits per heavy atom. The number of nitrogens with two attached hydrogens (primary N) is 1. The third kappa shape index (κ3) is 12.9. The summed E-state index contributed by atoms with van der Waals surface area (Å²) < 4.78 is 10.9. The lowest BCUT2D eigenvalue weighted by molar-refractivity contribution is 0.0760. The minimum atomic E-state index is 0.328. The van der Waals surface area contributed by atoms with Crippen molar-refractivity contribution in [2.75, 3.05) is 46.1 Å². The van der Waals surface area contributed by atoms with E-state index >= 15 is 0 Å². The van der Waals surface area contributed by atoms with Crippen molar-refractivity contribution in [1.29, 1.82) is 0 Å². The number of nitrogens with zero attached hydrogens (tertiary/aromatic N) is 1. The van der Waals surface area contributed by atoms with Gasteiger partial charge in [0.25, 0.3) is 0 Å². The fraction of sp³-hybridized carbons (Fsp3) is 1.00. The molecule has 0 radical (unpaired) electrons. The van der Waals surface area contributed by atoms with Crippen LogP contribution in [0.5, 0.6) is 0 Å². The summed E-state index contributed by atoms with van der Waals surface area (Å²) in [5.74, 6) is 0.706. The lowest BCUT2D eigenvalue weighted by atomic mass is 10.0. The Kier molecular flexibility index (Phi) is 13.7. The predicted molar refractivity (Wildman–Crippen MR) is 86.1 cm³/mol. The quantitative estimate of drug-likeness (QED) is 0.499. The Morgan fingerprint density at radius 3 is 1.95 bits per heavy atom. The summed E-state index contributed by atoms with van der Waals surface area (Å²) in [5.41, 5.74) is 5.80. The van der Waals surface area contributed by atoms with Crippen molar-refractivity contribution in [3.63, 3.8) is 0 Å². The Hall–Kier alpha value is -0.160.